The van der Waals surface area contributed by atoms with Crippen molar-refractivity contribution in [3.8, 4) is 11.1 Å². The van der Waals surface area contributed by atoms with Gasteiger partial charge >= 0.3 is 0 Å². The summed E-state index contributed by atoms with van der Waals surface area (Å²) in [7, 11) is 0. The zero-order valence-corrected chi connectivity index (χ0v) is 19.2. The molecule has 2 aromatic carbocycles. The number of rotatable bonds is 5. The molecule has 2 amide bonds. The Morgan fingerprint density at radius 1 is 0.871 bits per heavy atom. The Morgan fingerprint density at radius 2 is 1.45 bits per heavy atom. The van der Waals surface area contributed by atoms with E-state index in [4.69, 9.17) is 5.11 Å². The largest absolute Gasteiger partial charge is 0.395 e. The average Bonchev–Trinajstić information content (AvgIpc) is 2.94. The van der Waals surface area contributed by atoms with Crippen molar-refractivity contribution in [1.82, 2.24) is 4.90 Å². The van der Waals surface area contributed by atoms with Crippen molar-refractivity contribution >= 4 is 17.5 Å². The van der Waals surface area contributed by atoms with Crippen LogP contribution in [-0.4, -0.2) is 35.0 Å². The molecular weight excluding hydrogens is 388 g/mol. The van der Waals surface area contributed by atoms with E-state index in [1.807, 2.05) is 6.07 Å². The Hall–Kier alpha value is -2.92. The third-order valence-corrected chi connectivity index (χ3v) is 5.55. The second-order valence-electron chi connectivity index (χ2n) is 10.0. The van der Waals surface area contributed by atoms with Gasteiger partial charge in [0.15, 0.2) is 0 Å². The van der Waals surface area contributed by atoms with Crippen LogP contribution in [0, 0.1) is 0 Å². The van der Waals surface area contributed by atoms with Gasteiger partial charge in [-0.15, -0.1) is 0 Å². The van der Waals surface area contributed by atoms with Crippen LogP contribution in [0.3, 0.4) is 0 Å². The molecule has 0 aromatic heterocycles. The van der Waals surface area contributed by atoms with Crippen LogP contribution in [-0.2, 0) is 20.4 Å². The lowest BCUT2D eigenvalue weighted by molar-refractivity contribution is -0.137. The van der Waals surface area contributed by atoms with Crippen LogP contribution in [0.5, 0.6) is 0 Å². The van der Waals surface area contributed by atoms with E-state index in [0.717, 1.165) is 27.3 Å². The number of hydrogen-bond donors (Lipinski definition) is 2. The summed E-state index contributed by atoms with van der Waals surface area (Å²) in [6.07, 6.45) is 1.30. The third kappa shape index (κ3) is 4.88. The molecule has 0 fully saturated rings. The zero-order chi connectivity index (χ0) is 23.0. The molecule has 0 saturated heterocycles. The summed E-state index contributed by atoms with van der Waals surface area (Å²) in [5.74, 6) is -0.834. The molecule has 3 rings (SSSR count). The summed E-state index contributed by atoms with van der Waals surface area (Å²) in [4.78, 5) is 25.9. The Morgan fingerprint density at radius 3 is 2.00 bits per heavy atom. The minimum absolute atomic E-state index is 0.0114. The Bertz CT molecular complexity index is 1020. The van der Waals surface area contributed by atoms with Crippen LogP contribution in [0.25, 0.3) is 11.1 Å². The predicted molar refractivity (Wildman–Crippen MR) is 125 cm³/mol. The molecule has 1 aliphatic rings. The second kappa shape index (κ2) is 8.31. The van der Waals surface area contributed by atoms with Crippen LogP contribution in [0.15, 0.2) is 54.2 Å². The number of anilines is 1. The smallest absolute Gasteiger partial charge is 0.277 e. The number of nitrogens with zero attached hydrogens (tertiary/aromatic N) is 1. The number of β-amino-alcohol motifs (C(OH)–C–C–N with tert-alkyl or cyclic N) is 1. The van der Waals surface area contributed by atoms with Gasteiger partial charge in [0.05, 0.1) is 13.2 Å². The van der Waals surface area contributed by atoms with E-state index >= 15 is 0 Å². The van der Waals surface area contributed by atoms with Crippen molar-refractivity contribution in [2.45, 2.75) is 52.4 Å². The van der Waals surface area contributed by atoms with Crippen molar-refractivity contribution in [3.63, 3.8) is 0 Å². The van der Waals surface area contributed by atoms with Gasteiger partial charge in [0.2, 0.25) is 0 Å². The summed E-state index contributed by atoms with van der Waals surface area (Å²) < 4.78 is 0. The van der Waals surface area contributed by atoms with Crippen LogP contribution in [0.4, 0.5) is 5.69 Å². The molecule has 1 aliphatic heterocycles. The van der Waals surface area contributed by atoms with Gasteiger partial charge in [-0.1, -0.05) is 77.9 Å². The number of carbonyl (C=O) groups excluding carboxylic acids is 2. The Kier molecular flexibility index (Phi) is 6.10. The summed E-state index contributed by atoms with van der Waals surface area (Å²) in [5.41, 5.74) is 5.33. The van der Waals surface area contributed by atoms with E-state index in [1.165, 1.54) is 11.6 Å². The summed E-state index contributed by atoms with van der Waals surface area (Å²) in [6.45, 7) is 12.7. The van der Waals surface area contributed by atoms with Gasteiger partial charge in [-0.05, 0) is 33.6 Å². The lowest BCUT2D eigenvalue weighted by atomic mass is 9.84. The van der Waals surface area contributed by atoms with E-state index in [9.17, 15) is 9.59 Å². The van der Waals surface area contributed by atoms with Gasteiger partial charge in [0.25, 0.3) is 11.8 Å². The number of benzene rings is 2. The van der Waals surface area contributed by atoms with Crippen molar-refractivity contribution in [3.05, 3.63) is 65.4 Å². The number of amides is 2. The van der Waals surface area contributed by atoms with E-state index in [-0.39, 0.29) is 29.7 Å². The van der Waals surface area contributed by atoms with Crippen molar-refractivity contribution in [2.75, 3.05) is 18.5 Å². The molecule has 0 unspecified atom stereocenters. The molecule has 0 atom stereocenters. The van der Waals surface area contributed by atoms with Crippen LogP contribution in [0.2, 0.25) is 0 Å². The van der Waals surface area contributed by atoms with Gasteiger partial charge < -0.3 is 10.4 Å². The molecule has 31 heavy (non-hydrogen) atoms. The summed E-state index contributed by atoms with van der Waals surface area (Å²) in [5, 5.41) is 12.3. The molecule has 0 bridgehead atoms. The van der Waals surface area contributed by atoms with Gasteiger partial charge in [-0.3, -0.25) is 14.5 Å². The van der Waals surface area contributed by atoms with E-state index in [0.29, 0.717) is 0 Å². The van der Waals surface area contributed by atoms with Crippen LogP contribution in [0.1, 0.15) is 52.7 Å². The van der Waals surface area contributed by atoms with Crippen molar-refractivity contribution in [1.29, 1.82) is 0 Å². The summed E-state index contributed by atoms with van der Waals surface area (Å²) in [6, 6.07) is 14.6. The molecule has 164 valence electrons. The highest BCUT2D eigenvalue weighted by Gasteiger charge is 2.31. The molecule has 5 nitrogen and oxygen atoms in total. The monoisotopic (exact) mass is 420 g/mol. The number of aliphatic hydroxyl groups is 1. The normalized spacial score (nSPS) is 14.8. The first-order valence-electron chi connectivity index (χ1n) is 10.6. The van der Waals surface area contributed by atoms with E-state index in [2.05, 4.69) is 83.3 Å². The number of imide groups is 1. The predicted octanol–water partition coefficient (Wildman–Crippen LogP) is 4.61. The topological polar surface area (TPSA) is 69.6 Å². The SMILES string of the molecule is CC(C)(C)c1ccc(-c2ccc(C(C)(C)C)cc2NC2=CC(=O)N(CCO)C2=O)cc1. The highest BCUT2D eigenvalue weighted by Crippen LogP contribution is 2.35. The minimum Gasteiger partial charge on any atom is -0.395 e. The molecule has 2 N–H and O–H groups in total. The lowest BCUT2D eigenvalue weighted by Crippen LogP contribution is -2.34. The summed E-state index contributed by atoms with van der Waals surface area (Å²) >= 11 is 0. The zero-order valence-electron chi connectivity index (χ0n) is 19.2. The van der Waals surface area contributed by atoms with Crippen molar-refractivity contribution < 1.29 is 14.7 Å². The molecule has 0 spiro atoms. The highest BCUT2D eigenvalue weighted by atomic mass is 16.3. The molecular formula is C26H32N2O3. The minimum atomic E-state index is -0.422. The second-order valence-corrected chi connectivity index (χ2v) is 10.0. The molecule has 2 aromatic rings. The number of hydrogen-bond acceptors (Lipinski definition) is 4. The number of aliphatic hydroxyl groups excluding tert-OH is 1. The molecule has 1 heterocycles. The lowest BCUT2D eigenvalue weighted by Gasteiger charge is -2.23. The average molecular weight is 421 g/mol. The molecule has 5 heteroatoms. The number of nitrogens with one attached hydrogen (secondary N) is 1. The maximum atomic E-state index is 12.7. The number of carbonyl (C=O) groups is 2. The van der Waals surface area contributed by atoms with Crippen molar-refractivity contribution in [2.24, 2.45) is 0 Å². The first kappa shape index (κ1) is 22.8. The fourth-order valence-corrected chi connectivity index (χ4v) is 3.57. The van der Waals surface area contributed by atoms with Crippen LogP contribution < -0.4 is 5.32 Å². The maximum Gasteiger partial charge on any atom is 0.277 e. The third-order valence-electron chi connectivity index (χ3n) is 5.55. The van der Waals surface area contributed by atoms with Gasteiger partial charge in [0, 0.05) is 17.3 Å². The van der Waals surface area contributed by atoms with Crippen LogP contribution >= 0.6 is 0 Å². The maximum absolute atomic E-state index is 12.7. The highest BCUT2D eigenvalue weighted by molar-refractivity contribution is 6.17. The van der Waals surface area contributed by atoms with Gasteiger partial charge in [0.1, 0.15) is 5.70 Å². The molecule has 0 aliphatic carbocycles. The molecule has 0 saturated carbocycles. The fraction of sp³-hybridized carbons (Fsp3) is 0.385. The van der Waals surface area contributed by atoms with Gasteiger partial charge in [-0.25, -0.2) is 0 Å². The first-order valence-corrected chi connectivity index (χ1v) is 10.6. The van der Waals surface area contributed by atoms with E-state index < -0.39 is 11.8 Å². The Balaban J connectivity index is 2.03. The standard InChI is InChI=1S/C26H32N2O3/c1-25(2,3)18-9-7-17(8-10-18)20-12-11-19(26(4,5)6)15-21(20)27-22-16-23(30)28(13-14-29)24(22)31/h7-12,15-16,27,29H,13-14H2,1-6H3. The van der Waals surface area contributed by atoms with Gasteiger partial charge in [-0.2, -0.15) is 0 Å². The quantitative estimate of drug-likeness (QED) is 0.694. The first-order chi connectivity index (χ1) is 14.4. The Labute approximate surface area is 184 Å². The molecule has 0 radical (unpaired) electrons. The fourth-order valence-electron chi connectivity index (χ4n) is 3.57. The van der Waals surface area contributed by atoms with E-state index in [1.54, 1.807) is 0 Å².